The van der Waals surface area contributed by atoms with E-state index in [9.17, 15) is 13.5 Å². The van der Waals surface area contributed by atoms with Crippen LogP contribution in [0.15, 0.2) is 23.1 Å². The molecule has 1 aromatic carbocycles. The Morgan fingerprint density at radius 1 is 1.40 bits per heavy atom. The van der Waals surface area contributed by atoms with E-state index in [0.29, 0.717) is 12.8 Å². The van der Waals surface area contributed by atoms with Crippen LogP contribution in [-0.4, -0.2) is 37.0 Å². The molecule has 3 N–H and O–H groups in total. The molecule has 5 nitrogen and oxygen atoms in total. The third kappa shape index (κ3) is 2.93. The van der Waals surface area contributed by atoms with Crippen LogP contribution in [0, 0.1) is 0 Å². The molecule has 1 aliphatic carbocycles. The van der Waals surface area contributed by atoms with Crippen LogP contribution >= 0.6 is 11.6 Å². The molecule has 0 heterocycles. The van der Waals surface area contributed by atoms with Gasteiger partial charge in [0, 0.05) is 13.6 Å². The lowest BCUT2D eigenvalue weighted by Gasteiger charge is -2.28. The highest BCUT2D eigenvalue weighted by Gasteiger charge is 2.36. The Morgan fingerprint density at radius 2 is 2.00 bits per heavy atom. The Morgan fingerprint density at radius 3 is 2.55 bits per heavy atom. The van der Waals surface area contributed by atoms with E-state index in [4.69, 9.17) is 17.3 Å². The van der Waals surface area contributed by atoms with Gasteiger partial charge in [0.25, 0.3) is 0 Å². The van der Waals surface area contributed by atoms with Gasteiger partial charge in [0.1, 0.15) is 4.90 Å². The summed E-state index contributed by atoms with van der Waals surface area (Å²) in [6.45, 7) is 0.0556. The first-order valence-electron chi connectivity index (χ1n) is 6.49. The minimum absolute atomic E-state index is 0.0556. The van der Waals surface area contributed by atoms with Crippen LogP contribution in [0.3, 0.4) is 0 Å². The summed E-state index contributed by atoms with van der Waals surface area (Å²) in [5, 5.41) is 10.4. The Balaban J connectivity index is 2.30. The first-order valence-corrected chi connectivity index (χ1v) is 8.31. The molecule has 1 saturated carbocycles. The predicted molar refractivity (Wildman–Crippen MR) is 79.1 cm³/mol. The van der Waals surface area contributed by atoms with Gasteiger partial charge in [-0.25, -0.2) is 8.42 Å². The zero-order valence-electron chi connectivity index (χ0n) is 11.3. The minimum Gasteiger partial charge on any atom is -0.398 e. The summed E-state index contributed by atoms with van der Waals surface area (Å²) in [4.78, 5) is -0.0919. The molecule has 20 heavy (non-hydrogen) atoms. The average molecular weight is 319 g/mol. The summed E-state index contributed by atoms with van der Waals surface area (Å²) in [6, 6.07) is 4.58. The summed E-state index contributed by atoms with van der Waals surface area (Å²) in [6.07, 6.45) is 3.06. The zero-order chi connectivity index (χ0) is 15.0. The fraction of sp³-hybridized carbons (Fsp3) is 0.538. The molecule has 0 atom stereocenters. The second-order valence-corrected chi connectivity index (χ2v) is 7.74. The second-order valence-electron chi connectivity index (χ2n) is 5.35. The van der Waals surface area contributed by atoms with Crippen molar-refractivity contribution in [2.24, 2.45) is 0 Å². The van der Waals surface area contributed by atoms with Crippen LogP contribution in [0.4, 0.5) is 5.69 Å². The topological polar surface area (TPSA) is 83.6 Å². The molecule has 0 spiro atoms. The monoisotopic (exact) mass is 318 g/mol. The van der Waals surface area contributed by atoms with E-state index in [1.165, 1.54) is 19.2 Å². The number of likely N-dealkylation sites (N-methyl/N-ethyl adjacent to an activating group) is 1. The summed E-state index contributed by atoms with van der Waals surface area (Å²) < 4.78 is 26.2. The first-order chi connectivity index (χ1) is 9.26. The predicted octanol–water partition coefficient (Wildman–Crippen LogP) is 1.85. The van der Waals surface area contributed by atoms with Gasteiger partial charge in [-0.1, -0.05) is 30.5 Å². The van der Waals surface area contributed by atoms with Crippen LogP contribution in [0.2, 0.25) is 5.02 Å². The third-order valence-electron chi connectivity index (χ3n) is 3.72. The number of nitrogen functional groups attached to an aromatic ring is 1. The van der Waals surface area contributed by atoms with E-state index in [2.05, 4.69) is 0 Å². The van der Waals surface area contributed by atoms with E-state index in [1.54, 1.807) is 6.07 Å². The SMILES string of the molecule is CN(CC1(O)CCCC1)S(=O)(=O)c1c(N)cccc1Cl. The molecule has 0 saturated heterocycles. The molecule has 0 aromatic heterocycles. The smallest absolute Gasteiger partial charge is 0.246 e. The summed E-state index contributed by atoms with van der Waals surface area (Å²) in [5.41, 5.74) is 4.90. The van der Waals surface area contributed by atoms with Crippen LogP contribution in [0.25, 0.3) is 0 Å². The number of nitrogens with zero attached hydrogens (tertiary/aromatic N) is 1. The van der Waals surface area contributed by atoms with Gasteiger partial charge in [-0.3, -0.25) is 0 Å². The van der Waals surface area contributed by atoms with E-state index in [-0.39, 0.29) is 22.2 Å². The molecule has 1 aliphatic rings. The number of nitrogens with two attached hydrogens (primary N) is 1. The maximum absolute atomic E-state index is 12.6. The maximum atomic E-state index is 12.6. The number of hydrogen-bond acceptors (Lipinski definition) is 4. The van der Waals surface area contributed by atoms with Gasteiger partial charge in [0.05, 0.1) is 16.3 Å². The number of sulfonamides is 1. The van der Waals surface area contributed by atoms with Crippen molar-refractivity contribution in [3.05, 3.63) is 23.2 Å². The van der Waals surface area contributed by atoms with E-state index < -0.39 is 15.6 Å². The van der Waals surface area contributed by atoms with Gasteiger partial charge in [-0.05, 0) is 25.0 Å². The number of aliphatic hydroxyl groups is 1. The van der Waals surface area contributed by atoms with Crippen LogP contribution < -0.4 is 5.73 Å². The Hall–Kier alpha value is -0.820. The standard InChI is InChI=1S/C13H19ClN2O3S/c1-16(9-13(17)7-2-3-8-13)20(18,19)12-10(14)5-4-6-11(12)15/h4-6,17H,2-3,7-9,15H2,1H3. The number of halogens is 1. The maximum Gasteiger partial charge on any atom is 0.246 e. The fourth-order valence-corrected chi connectivity index (χ4v) is 4.52. The molecule has 0 aliphatic heterocycles. The molecule has 112 valence electrons. The lowest BCUT2D eigenvalue weighted by Crippen LogP contribution is -2.42. The van der Waals surface area contributed by atoms with Gasteiger partial charge in [-0.2, -0.15) is 4.31 Å². The number of hydrogen-bond donors (Lipinski definition) is 2. The van der Waals surface area contributed by atoms with Crippen molar-refractivity contribution in [1.82, 2.24) is 4.31 Å². The van der Waals surface area contributed by atoms with Gasteiger partial charge in [0.15, 0.2) is 0 Å². The van der Waals surface area contributed by atoms with E-state index in [1.807, 2.05) is 0 Å². The Labute approximate surface area is 124 Å². The molecule has 0 radical (unpaired) electrons. The fourth-order valence-electron chi connectivity index (χ4n) is 2.64. The quantitative estimate of drug-likeness (QED) is 0.830. The van der Waals surface area contributed by atoms with Crippen molar-refractivity contribution in [3.8, 4) is 0 Å². The first kappa shape index (κ1) is 15.6. The van der Waals surface area contributed by atoms with Gasteiger partial charge in [0.2, 0.25) is 10.0 Å². The Bertz CT molecular complexity index is 577. The van der Waals surface area contributed by atoms with Crippen molar-refractivity contribution in [2.75, 3.05) is 19.3 Å². The lowest BCUT2D eigenvalue weighted by molar-refractivity contribution is 0.0333. The second kappa shape index (κ2) is 5.52. The molecule has 1 fully saturated rings. The third-order valence-corrected chi connectivity index (χ3v) is 6.07. The Kier molecular flexibility index (Phi) is 4.30. The van der Waals surface area contributed by atoms with Gasteiger partial charge < -0.3 is 10.8 Å². The molecule has 7 heteroatoms. The van der Waals surface area contributed by atoms with Crippen LogP contribution in [0.1, 0.15) is 25.7 Å². The zero-order valence-corrected chi connectivity index (χ0v) is 12.9. The van der Waals surface area contributed by atoms with Crippen molar-refractivity contribution >= 4 is 27.3 Å². The molecule has 0 bridgehead atoms. The lowest BCUT2D eigenvalue weighted by atomic mass is 10.0. The number of benzene rings is 1. The highest BCUT2D eigenvalue weighted by atomic mass is 35.5. The molecular formula is C13H19ClN2O3S. The highest BCUT2D eigenvalue weighted by molar-refractivity contribution is 7.89. The minimum atomic E-state index is -3.81. The van der Waals surface area contributed by atoms with Crippen molar-refractivity contribution in [2.45, 2.75) is 36.2 Å². The van der Waals surface area contributed by atoms with Crippen LogP contribution in [0.5, 0.6) is 0 Å². The van der Waals surface area contributed by atoms with Gasteiger partial charge in [-0.15, -0.1) is 0 Å². The molecule has 0 amide bonds. The van der Waals surface area contributed by atoms with E-state index >= 15 is 0 Å². The van der Waals surface area contributed by atoms with Gasteiger partial charge >= 0.3 is 0 Å². The molecule has 2 rings (SSSR count). The van der Waals surface area contributed by atoms with Crippen molar-refractivity contribution in [3.63, 3.8) is 0 Å². The van der Waals surface area contributed by atoms with Crippen LogP contribution in [-0.2, 0) is 10.0 Å². The average Bonchev–Trinajstić information content (AvgIpc) is 2.75. The normalized spacial score (nSPS) is 18.6. The van der Waals surface area contributed by atoms with Crippen molar-refractivity contribution < 1.29 is 13.5 Å². The number of anilines is 1. The summed E-state index contributed by atoms with van der Waals surface area (Å²) >= 11 is 5.96. The van der Waals surface area contributed by atoms with Crippen molar-refractivity contribution in [1.29, 1.82) is 0 Å². The molecular weight excluding hydrogens is 300 g/mol. The highest BCUT2D eigenvalue weighted by Crippen LogP contribution is 2.33. The van der Waals surface area contributed by atoms with E-state index in [0.717, 1.165) is 17.1 Å². The molecule has 0 unspecified atom stereocenters. The summed E-state index contributed by atoms with van der Waals surface area (Å²) in [5.74, 6) is 0. The largest absolute Gasteiger partial charge is 0.398 e. The summed E-state index contributed by atoms with van der Waals surface area (Å²) in [7, 11) is -2.37. The number of rotatable bonds is 4. The molecule has 1 aromatic rings.